The largest absolute Gasteiger partial charge is 0.497 e. The van der Waals surface area contributed by atoms with Crippen LogP contribution < -0.4 is 10.1 Å². The van der Waals surface area contributed by atoms with Crippen LogP contribution in [0.15, 0.2) is 36.4 Å². The molecular weight excluding hydrogens is 479 g/mol. The highest BCUT2D eigenvalue weighted by molar-refractivity contribution is 7.99. The quantitative estimate of drug-likeness (QED) is 0.671. The number of benzene rings is 1. The maximum atomic E-state index is 13.5. The monoisotopic (exact) mass is 507 g/mol. The molecule has 2 saturated heterocycles. The number of thioether (sulfide) groups is 1. The van der Waals surface area contributed by atoms with E-state index in [0.29, 0.717) is 36.6 Å². The number of methoxy groups -OCH3 is 1. The Kier molecular flexibility index (Phi) is 6.82. The van der Waals surface area contributed by atoms with E-state index < -0.39 is 11.9 Å². The van der Waals surface area contributed by atoms with Gasteiger partial charge in [0.25, 0.3) is 0 Å². The molecule has 0 saturated carbocycles. The lowest BCUT2D eigenvalue weighted by Crippen LogP contribution is -2.42. The number of nitrogens with zero attached hydrogens (tertiary/aromatic N) is 4. The van der Waals surface area contributed by atoms with Crippen molar-refractivity contribution in [3.63, 3.8) is 0 Å². The summed E-state index contributed by atoms with van der Waals surface area (Å²) >= 11 is 1.78. The van der Waals surface area contributed by atoms with Gasteiger partial charge in [0, 0.05) is 38.0 Å². The molecule has 188 valence electrons. The zero-order valence-corrected chi connectivity index (χ0v) is 20.2. The first kappa shape index (κ1) is 24.2. The summed E-state index contributed by atoms with van der Waals surface area (Å²) in [6, 6.07) is 8.01. The van der Waals surface area contributed by atoms with Crippen LogP contribution in [-0.4, -0.2) is 82.5 Å². The summed E-state index contributed by atoms with van der Waals surface area (Å²) in [5, 5.41) is 7.26. The van der Waals surface area contributed by atoms with Crippen molar-refractivity contribution in [2.75, 3.05) is 44.9 Å². The van der Waals surface area contributed by atoms with E-state index in [-0.39, 0.29) is 18.0 Å². The Morgan fingerprint density at radius 1 is 1.23 bits per heavy atom. The molecule has 11 heteroatoms. The molecule has 0 bridgehead atoms. The zero-order valence-electron chi connectivity index (χ0n) is 19.4. The van der Waals surface area contributed by atoms with Gasteiger partial charge in [0.15, 0.2) is 5.69 Å². The number of carbonyl (C=O) groups excluding carboxylic acids is 1. The maximum Gasteiger partial charge on any atom is 0.435 e. The molecule has 2 fully saturated rings. The summed E-state index contributed by atoms with van der Waals surface area (Å²) in [6.07, 6.45) is -1.17. The van der Waals surface area contributed by atoms with Crippen LogP contribution in [0, 0.1) is 0 Å². The van der Waals surface area contributed by atoms with Crippen LogP contribution in [0.25, 0.3) is 11.3 Å². The van der Waals surface area contributed by atoms with Gasteiger partial charge in [-0.2, -0.15) is 18.3 Å². The minimum absolute atomic E-state index is 0.157. The van der Waals surface area contributed by atoms with E-state index >= 15 is 0 Å². The highest BCUT2D eigenvalue weighted by Gasteiger charge is 2.38. The van der Waals surface area contributed by atoms with E-state index in [1.54, 1.807) is 36.0 Å². The fourth-order valence-corrected chi connectivity index (χ4v) is 5.86. The SMILES string of the molecule is COc1ccc(-n2nc(C(F)(F)F)cc2C2=CCN([C@@H]3CN[C@H](C(=O)N4CCSC4)C3)CC2)cc1. The van der Waals surface area contributed by atoms with Gasteiger partial charge in [-0.05, 0) is 48.7 Å². The molecule has 5 rings (SSSR count). The number of alkyl halides is 3. The number of hydrogen-bond acceptors (Lipinski definition) is 6. The van der Waals surface area contributed by atoms with Crippen molar-refractivity contribution in [3.8, 4) is 11.4 Å². The molecule has 1 aromatic heterocycles. The summed E-state index contributed by atoms with van der Waals surface area (Å²) in [6.45, 7) is 2.89. The summed E-state index contributed by atoms with van der Waals surface area (Å²) in [5.41, 5.74) is 0.924. The Hall–Kier alpha value is -2.50. The van der Waals surface area contributed by atoms with E-state index in [2.05, 4.69) is 15.3 Å². The molecule has 7 nitrogen and oxygen atoms in total. The molecular formula is C24H28F3N5O2S. The molecule has 0 unspecified atom stereocenters. The molecule has 0 radical (unpaired) electrons. The first-order valence-corrected chi connectivity index (χ1v) is 12.8. The van der Waals surface area contributed by atoms with Gasteiger partial charge in [0.05, 0.1) is 30.4 Å². The smallest absolute Gasteiger partial charge is 0.435 e. The maximum absolute atomic E-state index is 13.5. The number of nitrogens with one attached hydrogen (secondary N) is 1. The van der Waals surface area contributed by atoms with Crippen molar-refractivity contribution in [3.05, 3.63) is 47.8 Å². The third-order valence-electron chi connectivity index (χ3n) is 6.87. The molecule has 1 amide bonds. The number of aromatic nitrogens is 2. The Morgan fingerprint density at radius 3 is 2.66 bits per heavy atom. The van der Waals surface area contributed by atoms with Crippen LogP contribution in [0.3, 0.4) is 0 Å². The van der Waals surface area contributed by atoms with Crippen molar-refractivity contribution in [1.29, 1.82) is 0 Å². The van der Waals surface area contributed by atoms with E-state index in [1.807, 2.05) is 11.0 Å². The third-order valence-corrected chi connectivity index (χ3v) is 7.84. The van der Waals surface area contributed by atoms with Gasteiger partial charge in [-0.15, -0.1) is 11.8 Å². The van der Waals surface area contributed by atoms with Gasteiger partial charge in [-0.1, -0.05) is 6.08 Å². The minimum atomic E-state index is -4.53. The Bertz CT molecular complexity index is 1100. The average molecular weight is 508 g/mol. The molecule has 3 aliphatic rings. The molecule has 1 N–H and O–H groups in total. The van der Waals surface area contributed by atoms with Crippen LogP contribution in [0.2, 0.25) is 0 Å². The molecule has 2 atom stereocenters. The van der Waals surface area contributed by atoms with Crippen molar-refractivity contribution in [1.82, 2.24) is 24.9 Å². The Balaban J connectivity index is 1.31. The topological polar surface area (TPSA) is 62.6 Å². The second kappa shape index (κ2) is 9.87. The minimum Gasteiger partial charge on any atom is -0.497 e. The number of hydrogen-bond donors (Lipinski definition) is 1. The van der Waals surface area contributed by atoms with E-state index in [1.165, 1.54) is 11.8 Å². The van der Waals surface area contributed by atoms with Crippen molar-refractivity contribution < 1.29 is 22.7 Å². The summed E-state index contributed by atoms with van der Waals surface area (Å²) in [7, 11) is 1.54. The first-order chi connectivity index (χ1) is 16.8. The van der Waals surface area contributed by atoms with Crippen molar-refractivity contribution in [2.24, 2.45) is 0 Å². The number of amides is 1. The second-order valence-electron chi connectivity index (χ2n) is 8.99. The Morgan fingerprint density at radius 2 is 2.03 bits per heavy atom. The van der Waals surface area contributed by atoms with Gasteiger partial charge >= 0.3 is 6.18 Å². The van der Waals surface area contributed by atoms with E-state index in [4.69, 9.17) is 4.74 Å². The predicted octanol–water partition coefficient (Wildman–Crippen LogP) is 3.25. The summed E-state index contributed by atoms with van der Waals surface area (Å²) < 4.78 is 47.0. The highest BCUT2D eigenvalue weighted by atomic mass is 32.2. The number of ether oxygens (including phenoxy) is 1. The van der Waals surface area contributed by atoms with Gasteiger partial charge in [-0.25, -0.2) is 4.68 Å². The normalized spacial score (nSPS) is 23.5. The number of halogens is 3. The lowest BCUT2D eigenvalue weighted by molar-refractivity contribution is -0.141. The average Bonchev–Trinajstić information content (AvgIpc) is 3.64. The standard InChI is InChI=1S/C24H28F3N5O2S/c1-34-19-4-2-17(3-5-19)32-21(13-22(29-32)24(25,26)27)16-6-8-30(9-7-16)18-12-20(28-14-18)23(33)31-10-11-35-15-31/h2-6,13,18,20,28H,7-12,14-15H2,1H3/t18-,20-/m0/s1. The first-order valence-electron chi connectivity index (χ1n) is 11.7. The molecule has 0 aliphatic carbocycles. The van der Waals surface area contributed by atoms with Gasteiger partial charge in [0.1, 0.15) is 5.75 Å². The second-order valence-corrected chi connectivity index (χ2v) is 10.1. The van der Waals surface area contributed by atoms with E-state index in [0.717, 1.165) is 42.8 Å². The molecule has 1 aromatic carbocycles. The summed E-state index contributed by atoms with van der Waals surface area (Å²) in [5.74, 6) is 2.55. The number of carbonyl (C=O) groups is 1. The zero-order chi connectivity index (χ0) is 24.6. The fourth-order valence-electron chi connectivity index (χ4n) is 4.91. The highest BCUT2D eigenvalue weighted by Crippen LogP contribution is 2.34. The van der Waals surface area contributed by atoms with Crippen LogP contribution in [0.4, 0.5) is 13.2 Å². The lowest BCUT2D eigenvalue weighted by atomic mass is 10.0. The lowest BCUT2D eigenvalue weighted by Gasteiger charge is -2.31. The molecule has 0 spiro atoms. The third kappa shape index (κ3) is 5.07. The van der Waals surface area contributed by atoms with Gasteiger partial charge in [0.2, 0.25) is 5.91 Å². The van der Waals surface area contributed by atoms with Crippen LogP contribution in [0.5, 0.6) is 5.75 Å². The Labute approximate surface area is 206 Å². The molecule has 35 heavy (non-hydrogen) atoms. The van der Waals surface area contributed by atoms with Crippen molar-refractivity contribution >= 4 is 23.2 Å². The summed E-state index contributed by atoms with van der Waals surface area (Å²) in [4.78, 5) is 16.9. The van der Waals surface area contributed by atoms with Gasteiger partial charge in [-0.3, -0.25) is 9.69 Å². The predicted molar refractivity (Wildman–Crippen MR) is 129 cm³/mol. The molecule has 2 aromatic rings. The fraction of sp³-hybridized carbons (Fsp3) is 0.500. The van der Waals surface area contributed by atoms with E-state index in [9.17, 15) is 18.0 Å². The molecule has 3 aliphatic heterocycles. The van der Waals surface area contributed by atoms with Crippen LogP contribution in [0.1, 0.15) is 24.2 Å². The van der Waals surface area contributed by atoms with Gasteiger partial charge < -0.3 is 15.0 Å². The molecule has 4 heterocycles. The van der Waals surface area contributed by atoms with Crippen LogP contribution >= 0.6 is 11.8 Å². The van der Waals surface area contributed by atoms with Crippen molar-refractivity contribution in [2.45, 2.75) is 31.1 Å². The number of rotatable bonds is 5. The van der Waals surface area contributed by atoms with Crippen LogP contribution in [-0.2, 0) is 11.0 Å².